The standard InChI is InChI=1S/C16H22N2/c17-16-13-6-2-5-11-15(18-16)12-7-10-14-8-3-1-4-9-14/h1,3-4,7-10,15H,2,5-6,11-13H2,(H2,17,18). The summed E-state index contributed by atoms with van der Waals surface area (Å²) in [5, 5.41) is 11.2. The Bertz CT molecular complexity index is 395. The minimum Gasteiger partial charge on any atom is -0.371 e. The molecule has 2 heteroatoms. The molecule has 1 unspecified atom stereocenters. The molecule has 1 aliphatic heterocycles. The third kappa shape index (κ3) is 4.36. The van der Waals surface area contributed by atoms with Crippen molar-refractivity contribution >= 4 is 11.9 Å². The largest absolute Gasteiger partial charge is 0.371 e. The summed E-state index contributed by atoms with van der Waals surface area (Å²) in [5.41, 5.74) is 1.25. The molecule has 1 aromatic carbocycles. The smallest absolute Gasteiger partial charge is 0.0933 e. The first-order valence-electron chi connectivity index (χ1n) is 6.90. The molecule has 0 aromatic heterocycles. The van der Waals surface area contributed by atoms with Gasteiger partial charge >= 0.3 is 0 Å². The minimum atomic E-state index is 0.442. The number of benzene rings is 1. The zero-order valence-electron chi connectivity index (χ0n) is 10.9. The highest BCUT2D eigenvalue weighted by atomic mass is 15.0. The molecule has 1 heterocycles. The summed E-state index contributed by atoms with van der Waals surface area (Å²) in [7, 11) is 0. The van der Waals surface area contributed by atoms with Crippen LogP contribution in [-0.4, -0.2) is 11.9 Å². The molecule has 0 radical (unpaired) electrons. The van der Waals surface area contributed by atoms with Gasteiger partial charge < -0.3 is 5.32 Å². The molecular formula is C16H22N2. The van der Waals surface area contributed by atoms with Gasteiger partial charge in [0.2, 0.25) is 0 Å². The highest BCUT2D eigenvalue weighted by molar-refractivity contribution is 5.79. The summed E-state index contributed by atoms with van der Waals surface area (Å²) in [6.07, 6.45) is 11.2. The van der Waals surface area contributed by atoms with E-state index in [1.54, 1.807) is 0 Å². The van der Waals surface area contributed by atoms with E-state index in [4.69, 9.17) is 5.41 Å². The second kappa shape index (κ2) is 7.00. The van der Waals surface area contributed by atoms with Gasteiger partial charge in [-0.05, 0) is 24.8 Å². The molecule has 2 rings (SSSR count). The molecule has 0 amide bonds. The highest BCUT2D eigenvalue weighted by Gasteiger charge is 2.11. The van der Waals surface area contributed by atoms with Gasteiger partial charge in [-0.1, -0.05) is 55.3 Å². The van der Waals surface area contributed by atoms with Gasteiger partial charge in [0.25, 0.3) is 0 Å². The Hall–Kier alpha value is -1.57. The lowest BCUT2D eigenvalue weighted by Gasteiger charge is -2.21. The van der Waals surface area contributed by atoms with Crippen LogP contribution in [0.5, 0.6) is 0 Å². The van der Waals surface area contributed by atoms with Crippen LogP contribution in [0.4, 0.5) is 0 Å². The van der Waals surface area contributed by atoms with Crippen molar-refractivity contribution in [2.45, 2.75) is 44.6 Å². The molecule has 0 bridgehead atoms. The van der Waals surface area contributed by atoms with Crippen molar-refractivity contribution in [2.24, 2.45) is 0 Å². The van der Waals surface area contributed by atoms with Crippen molar-refractivity contribution in [3.63, 3.8) is 0 Å². The van der Waals surface area contributed by atoms with Crippen LogP contribution in [0.15, 0.2) is 36.4 Å². The number of amidine groups is 1. The summed E-state index contributed by atoms with van der Waals surface area (Å²) in [6.45, 7) is 0. The molecular weight excluding hydrogens is 220 g/mol. The van der Waals surface area contributed by atoms with Crippen LogP contribution in [-0.2, 0) is 0 Å². The first-order chi connectivity index (χ1) is 8.84. The molecule has 1 aromatic rings. The molecule has 0 aliphatic carbocycles. The van der Waals surface area contributed by atoms with E-state index in [0.29, 0.717) is 11.9 Å². The van der Waals surface area contributed by atoms with E-state index < -0.39 is 0 Å². The highest BCUT2D eigenvalue weighted by Crippen LogP contribution is 2.13. The molecule has 18 heavy (non-hydrogen) atoms. The number of rotatable bonds is 3. The molecule has 0 spiro atoms. The van der Waals surface area contributed by atoms with Crippen LogP contribution < -0.4 is 5.32 Å². The van der Waals surface area contributed by atoms with Crippen LogP contribution >= 0.6 is 0 Å². The van der Waals surface area contributed by atoms with Crippen LogP contribution in [0.25, 0.3) is 6.08 Å². The van der Waals surface area contributed by atoms with Crippen molar-refractivity contribution in [1.82, 2.24) is 5.32 Å². The Balaban J connectivity index is 1.84. The SMILES string of the molecule is N=C1CCCCCC(CC=Cc2ccccc2)N1. The quantitative estimate of drug-likeness (QED) is 0.826. The van der Waals surface area contributed by atoms with Gasteiger partial charge in [-0.3, -0.25) is 5.41 Å². The fourth-order valence-electron chi connectivity index (χ4n) is 2.37. The van der Waals surface area contributed by atoms with E-state index in [-0.39, 0.29) is 0 Å². The summed E-state index contributed by atoms with van der Waals surface area (Å²) in [4.78, 5) is 0. The van der Waals surface area contributed by atoms with E-state index in [0.717, 1.165) is 12.8 Å². The first kappa shape index (κ1) is 12.9. The maximum atomic E-state index is 7.82. The van der Waals surface area contributed by atoms with Gasteiger partial charge in [0, 0.05) is 12.5 Å². The van der Waals surface area contributed by atoms with E-state index in [2.05, 4.69) is 41.7 Å². The second-order valence-electron chi connectivity index (χ2n) is 4.97. The molecule has 1 saturated heterocycles. The lowest BCUT2D eigenvalue weighted by molar-refractivity contribution is 0.497. The molecule has 2 nitrogen and oxygen atoms in total. The summed E-state index contributed by atoms with van der Waals surface area (Å²) < 4.78 is 0. The van der Waals surface area contributed by atoms with E-state index in [1.165, 1.54) is 31.2 Å². The van der Waals surface area contributed by atoms with Crippen LogP contribution in [0, 0.1) is 5.41 Å². The lowest BCUT2D eigenvalue weighted by Crippen LogP contribution is -2.35. The Kier molecular flexibility index (Phi) is 5.00. The van der Waals surface area contributed by atoms with Crippen LogP contribution in [0.1, 0.15) is 44.1 Å². The fraction of sp³-hybridized carbons (Fsp3) is 0.438. The monoisotopic (exact) mass is 242 g/mol. The van der Waals surface area contributed by atoms with Gasteiger partial charge in [-0.15, -0.1) is 0 Å². The Morgan fingerprint density at radius 3 is 2.83 bits per heavy atom. The maximum absolute atomic E-state index is 7.82. The topological polar surface area (TPSA) is 35.9 Å². The molecule has 1 fully saturated rings. The first-order valence-corrected chi connectivity index (χ1v) is 6.90. The van der Waals surface area contributed by atoms with Gasteiger partial charge in [-0.25, -0.2) is 0 Å². The fourth-order valence-corrected chi connectivity index (χ4v) is 2.37. The predicted molar refractivity (Wildman–Crippen MR) is 77.8 cm³/mol. The summed E-state index contributed by atoms with van der Waals surface area (Å²) in [6, 6.07) is 10.8. The van der Waals surface area contributed by atoms with Crippen molar-refractivity contribution in [3.05, 3.63) is 42.0 Å². The van der Waals surface area contributed by atoms with Gasteiger partial charge in [0.15, 0.2) is 0 Å². The molecule has 2 N–H and O–H groups in total. The zero-order chi connectivity index (χ0) is 12.6. The average Bonchev–Trinajstić information content (AvgIpc) is 2.36. The number of nitrogens with one attached hydrogen (secondary N) is 2. The van der Waals surface area contributed by atoms with Crippen molar-refractivity contribution < 1.29 is 0 Å². The Labute approximate surface area is 110 Å². The van der Waals surface area contributed by atoms with Crippen molar-refractivity contribution in [3.8, 4) is 0 Å². The van der Waals surface area contributed by atoms with Gasteiger partial charge in [-0.2, -0.15) is 0 Å². The van der Waals surface area contributed by atoms with Crippen molar-refractivity contribution in [2.75, 3.05) is 0 Å². The number of hydrogen-bond donors (Lipinski definition) is 2. The van der Waals surface area contributed by atoms with Crippen molar-refractivity contribution in [1.29, 1.82) is 5.41 Å². The third-order valence-corrected chi connectivity index (χ3v) is 3.39. The Morgan fingerprint density at radius 2 is 2.00 bits per heavy atom. The molecule has 0 saturated carbocycles. The lowest BCUT2D eigenvalue weighted by atomic mass is 10.0. The van der Waals surface area contributed by atoms with Gasteiger partial charge in [0.05, 0.1) is 5.84 Å². The minimum absolute atomic E-state index is 0.442. The summed E-state index contributed by atoms with van der Waals surface area (Å²) in [5.74, 6) is 0.716. The molecule has 1 aliphatic rings. The normalized spacial score (nSPS) is 21.3. The molecule has 96 valence electrons. The maximum Gasteiger partial charge on any atom is 0.0933 e. The van der Waals surface area contributed by atoms with E-state index in [1.807, 2.05) is 6.07 Å². The van der Waals surface area contributed by atoms with Crippen LogP contribution in [0.2, 0.25) is 0 Å². The predicted octanol–water partition coefficient (Wildman–Crippen LogP) is 3.99. The zero-order valence-corrected chi connectivity index (χ0v) is 10.9. The van der Waals surface area contributed by atoms with E-state index >= 15 is 0 Å². The van der Waals surface area contributed by atoms with Crippen LogP contribution in [0.3, 0.4) is 0 Å². The van der Waals surface area contributed by atoms with Gasteiger partial charge in [0.1, 0.15) is 0 Å². The second-order valence-corrected chi connectivity index (χ2v) is 4.97. The third-order valence-electron chi connectivity index (χ3n) is 3.39. The summed E-state index contributed by atoms with van der Waals surface area (Å²) >= 11 is 0. The van der Waals surface area contributed by atoms with E-state index in [9.17, 15) is 0 Å². The molecule has 1 atom stereocenters. The Morgan fingerprint density at radius 1 is 1.17 bits per heavy atom. The number of hydrogen-bond acceptors (Lipinski definition) is 1. The average molecular weight is 242 g/mol.